The summed E-state index contributed by atoms with van der Waals surface area (Å²) in [5.74, 6) is -4.54. The topological polar surface area (TPSA) is 54.9 Å². The second kappa shape index (κ2) is 3.93. The molecule has 17 heavy (non-hydrogen) atoms. The van der Waals surface area contributed by atoms with Crippen LogP contribution in [0, 0.1) is 17.5 Å². The smallest absolute Gasteiger partial charge is 0.274 e. The van der Waals surface area contributed by atoms with Crippen LogP contribution in [-0.2, 0) is 0 Å². The summed E-state index contributed by atoms with van der Waals surface area (Å²) in [6, 6.07) is 2.54. The van der Waals surface area contributed by atoms with Crippen LogP contribution in [0.5, 0.6) is 0 Å². The van der Waals surface area contributed by atoms with Crippen LogP contribution in [0.4, 0.5) is 13.2 Å². The van der Waals surface area contributed by atoms with Crippen molar-refractivity contribution in [2.45, 2.75) is 0 Å². The minimum atomic E-state index is -1.68. The molecule has 0 radical (unpaired) electrons. The molecule has 0 aliphatic heterocycles. The minimum Gasteiger partial charge on any atom is -0.274 e. The van der Waals surface area contributed by atoms with Crippen molar-refractivity contribution < 1.29 is 13.2 Å². The first-order chi connectivity index (χ1) is 8.00. The molecule has 2 rings (SSSR count). The third-order valence-electron chi connectivity index (χ3n) is 2.10. The molecule has 4 nitrogen and oxygen atoms in total. The Morgan fingerprint density at radius 2 is 1.71 bits per heavy atom. The normalized spacial score (nSPS) is 10.5. The van der Waals surface area contributed by atoms with Crippen molar-refractivity contribution in [3.05, 3.63) is 62.7 Å². The van der Waals surface area contributed by atoms with E-state index in [9.17, 15) is 22.8 Å². The molecule has 88 valence electrons. The van der Waals surface area contributed by atoms with Crippen LogP contribution in [0.2, 0.25) is 0 Å². The standard InChI is InChI=1S/C10H5F3N2O2/c11-5-1-2-6(9(13)8(5)12)15-4-3-7(16)14-10(15)17/h1-4H,(H,14,16,17). The second-order valence-electron chi connectivity index (χ2n) is 3.17. The fourth-order valence-corrected chi connectivity index (χ4v) is 1.31. The van der Waals surface area contributed by atoms with Gasteiger partial charge in [0.2, 0.25) is 0 Å². The fourth-order valence-electron chi connectivity index (χ4n) is 1.31. The molecular formula is C10H5F3N2O2. The van der Waals surface area contributed by atoms with Gasteiger partial charge in [-0.15, -0.1) is 0 Å². The van der Waals surface area contributed by atoms with E-state index in [0.29, 0.717) is 10.6 Å². The maximum Gasteiger partial charge on any atom is 0.333 e. The van der Waals surface area contributed by atoms with E-state index >= 15 is 0 Å². The molecule has 0 aliphatic rings. The van der Waals surface area contributed by atoms with Crippen molar-refractivity contribution >= 4 is 0 Å². The van der Waals surface area contributed by atoms with E-state index in [4.69, 9.17) is 0 Å². The van der Waals surface area contributed by atoms with Gasteiger partial charge in [-0.2, -0.15) is 0 Å². The van der Waals surface area contributed by atoms with Gasteiger partial charge in [0.25, 0.3) is 5.56 Å². The fraction of sp³-hybridized carbons (Fsp3) is 0. The van der Waals surface area contributed by atoms with Gasteiger partial charge in [0.1, 0.15) is 0 Å². The molecule has 2 aromatic rings. The molecular weight excluding hydrogens is 237 g/mol. The SMILES string of the molecule is O=c1ccn(-c2ccc(F)c(F)c2F)c(=O)[nH]1. The van der Waals surface area contributed by atoms with Crippen LogP contribution in [0.15, 0.2) is 34.0 Å². The lowest BCUT2D eigenvalue weighted by Gasteiger charge is -2.06. The monoisotopic (exact) mass is 242 g/mol. The van der Waals surface area contributed by atoms with Crippen molar-refractivity contribution in [3.8, 4) is 5.69 Å². The summed E-state index contributed by atoms with van der Waals surface area (Å²) in [7, 11) is 0. The van der Waals surface area contributed by atoms with E-state index in [1.807, 2.05) is 4.98 Å². The molecule has 0 spiro atoms. The first-order valence-electron chi connectivity index (χ1n) is 4.46. The summed E-state index contributed by atoms with van der Waals surface area (Å²) >= 11 is 0. The Balaban J connectivity index is 2.74. The zero-order valence-corrected chi connectivity index (χ0v) is 8.21. The molecule has 1 heterocycles. The Bertz CT molecular complexity index is 691. The highest BCUT2D eigenvalue weighted by atomic mass is 19.2. The van der Waals surface area contributed by atoms with E-state index < -0.39 is 34.4 Å². The lowest BCUT2D eigenvalue weighted by Crippen LogP contribution is -2.28. The third kappa shape index (κ3) is 1.86. The van der Waals surface area contributed by atoms with Crippen molar-refractivity contribution in [1.82, 2.24) is 9.55 Å². The van der Waals surface area contributed by atoms with Gasteiger partial charge in [0, 0.05) is 12.3 Å². The summed E-state index contributed by atoms with van der Waals surface area (Å²) in [6.07, 6.45) is 0.969. The molecule has 1 aromatic heterocycles. The number of hydrogen-bond acceptors (Lipinski definition) is 2. The first kappa shape index (κ1) is 11.2. The molecule has 0 amide bonds. The van der Waals surface area contributed by atoms with Crippen LogP contribution < -0.4 is 11.2 Å². The highest BCUT2D eigenvalue weighted by Crippen LogP contribution is 2.17. The lowest BCUT2D eigenvalue weighted by molar-refractivity contribution is 0.444. The summed E-state index contributed by atoms with van der Waals surface area (Å²) in [5.41, 5.74) is -2.10. The van der Waals surface area contributed by atoms with Crippen LogP contribution in [0.1, 0.15) is 0 Å². The Labute approximate surface area is 92.0 Å². The van der Waals surface area contributed by atoms with Gasteiger partial charge in [0.15, 0.2) is 17.5 Å². The van der Waals surface area contributed by atoms with Gasteiger partial charge in [-0.3, -0.25) is 14.3 Å². The van der Waals surface area contributed by atoms with E-state index in [1.165, 1.54) is 0 Å². The number of aromatic nitrogens is 2. The largest absolute Gasteiger partial charge is 0.333 e. The van der Waals surface area contributed by atoms with Gasteiger partial charge in [0.05, 0.1) is 5.69 Å². The Morgan fingerprint density at radius 1 is 1.00 bits per heavy atom. The van der Waals surface area contributed by atoms with Crippen LogP contribution in [0.3, 0.4) is 0 Å². The molecule has 0 fully saturated rings. The number of aromatic amines is 1. The molecule has 7 heteroatoms. The summed E-state index contributed by atoms with van der Waals surface area (Å²) in [5, 5.41) is 0. The minimum absolute atomic E-state index is 0.481. The predicted molar refractivity (Wildman–Crippen MR) is 52.5 cm³/mol. The number of H-pyrrole nitrogens is 1. The van der Waals surface area contributed by atoms with Gasteiger partial charge in [-0.1, -0.05) is 0 Å². The summed E-state index contributed by atoms with van der Waals surface area (Å²) < 4.78 is 39.7. The average molecular weight is 242 g/mol. The molecule has 0 saturated carbocycles. The van der Waals surface area contributed by atoms with Gasteiger partial charge in [-0.05, 0) is 12.1 Å². The Hall–Kier alpha value is -2.31. The van der Waals surface area contributed by atoms with Crippen molar-refractivity contribution in [1.29, 1.82) is 0 Å². The lowest BCUT2D eigenvalue weighted by atomic mass is 10.2. The molecule has 0 unspecified atom stereocenters. The van der Waals surface area contributed by atoms with Gasteiger partial charge < -0.3 is 0 Å². The number of nitrogens with one attached hydrogen (secondary N) is 1. The molecule has 1 aromatic carbocycles. The highest BCUT2D eigenvalue weighted by molar-refractivity contribution is 5.34. The molecule has 0 atom stereocenters. The number of halogens is 3. The number of hydrogen-bond donors (Lipinski definition) is 1. The quantitative estimate of drug-likeness (QED) is 0.757. The number of nitrogens with zero attached hydrogens (tertiary/aromatic N) is 1. The first-order valence-corrected chi connectivity index (χ1v) is 4.46. The van der Waals surface area contributed by atoms with Gasteiger partial charge in [-0.25, -0.2) is 18.0 Å². The molecule has 0 bridgehead atoms. The molecule has 0 aliphatic carbocycles. The molecule has 0 saturated heterocycles. The van der Waals surface area contributed by atoms with E-state index in [-0.39, 0.29) is 0 Å². The maximum atomic E-state index is 13.4. The maximum absolute atomic E-state index is 13.4. The van der Waals surface area contributed by atoms with E-state index in [0.717, 1.165) is 18.3 Å². The summed E-state index contributed by atoms with van der Waals surface area (Å²) in [4.78, 5) is 24.0. The predicted octanol–water partition coefficient (Wildman–Crippen LogP) is 0.943. The van der Waals surface area contributed by atoms with E-state index in [1.54, 1.807) is 0 Å². The van der Waals surface area contributed by atoms with Gasteiger partial charge >= 0.3 is 5.69 Å². The van der Waals surface area contributed by atoms with E-state index in [2.05, 4.69) is 0 Å². The Morgan fingerprint density at radius 3 is 2.35 bits per heavy atom. The Kier molecular flexibility index (Phi) is 2.58. The molecule has 1 N–H and O–H groups in total. The van der Waals surface area contributed by atoms with Crippen LogP contribution in [-0.4, -0.2) is 9.55 Å². The number of rotatable bonds is 1. The zero-order chi connectivity index (χ0) is 12.6. The van der Waals surface area contributed by atoms with Crippen LogP contribution in [0.25, 0.3) is 5.69 Å². The third-order valence-corrected chi connectivity index (χ3v) is 2.10. The zero-order valence-electron chi connectivity index (χ0n) is 8.21. The second-order valence-corrected chi connectivity index (χ2v) is 3.17. The van der Waals surface area contributed by atoms with Crippen LogP contribution >= 0.6 is 0 Å². The van der Waals surface area contributed by atoms with Crippen molar-refractivity contribution in [3.63, 3.8) is 0 Å². The highest BCUT2D eigenvalue weighted by Gasteiger charge is 2.15. The average Bonchev–Trinajstić information content (AvgIpc) is 2.28. The van der Waals surface area contributed by atoms with Crippen molar-refractivity contribution in [2.24, 2.45) is 0 Å². The number of benzene rings is 1. The van der Waals surface area contributed by atoms with Crippen molar-refractivity contribution in [2.75, 3.05) is 0 Å². The summed E-state index contributed by atoms with van der Waals surface area (Å²) in [6.45, 7) is 0.